The van der Waals surface area contributed by atoms with Crippen molar-refractivity contribution in [3.63, 3.8) is 0 Å². The van der Waals surface area contributed by atoms with Gasteiger partial charge in [-0.3, -0.25) is 0 Å². The van der Waals surface area contributed by atoms with Crippen LogP contribution in [-0.4, -0.2) is 17.1 Å². The Bertz CT molecular complexity index is 326. The van der Waals surface area contributed by atoms with Crippen LogP contribution in [0.15, 0.2) is 18.3 Å². The fourth-order valence-electron chi connectivity index (χ4n) is 1.62. The highest BCUT2D eigenvalue weighted by Crippen LogP contribution is 2.13. The standard InChI is InChI=1S/C14H24N2O/c1-5-6-12(4)17-14-9-13(7-8-15-14)10-16-11(2)3/h7-9,11-12,16H,5-6,10H2,1-4H3. The molecule has 0 radical (unpaired) electrons. The Morgan fingerprint density at radius 3 is 2.76 bits per heavy atom. The van der Waals surface area contributed by atoms with E-state index in [9.17, 15) is 0 Å². The minimum Gasteiger partial charge on any atom is -0.475 e. The van der Waals surface area contributed by atoms with Gasteiger partial charge < -0.3 is 10.1 Å². The molecule has 17 heavy (non-hydrogen) atoms. The van der Waals surface area contributed by atoms with Crippen LogP contribution in [0.25, 0.3) is 0 Å². The van der Waals surface area contributed by atoms with Crippen LogP contribution >= 0.6 is 0 Å². The first-order valence-electron chi connectivity index (χ1n) is 6.46. The normalized spacial score (nSPS) is 12.8. The predicted octanol–water partition coefficient (Wildman–Crippen LogP) is 3.15. The van der Waals surface area contributed by atoms with Crippen LogP contribution in [0.4, 0.5) is 0 Å². The van der Waals surface area contributed by atoms with Crippen molar-refractivity contribution < 1.29 is 4.74 Å². The molecule has 0 aliphatic carbocycles. The highest BCUT2D eigenvalue weighted by molar-refractivity contribution is 5.20. The fraction of sp³-hybridized carbons (Fsp3) is 0.643. The quantitative estimate of drug-likeness (QED) is 0.789. The van der Waals surface area contributed by atoms with E-state index in [-0.39, 0.29) is 6.10 Å². The summed E-state index contributed by atoms with van der Waals surface area (Å²) >= 11 is 0. The molecule has 0 spiro atoms. The SMILES string of the molecule is CCCC(C)Oc1cc(CNC(C)C)ccn1. The maximum Gasteiger partial charge on any atom is 0.213 e. The molecule has 0 bridgehead atoms. The van der Waals surface area contributed by atoms with E-state index in [4.69, 9.17) is 4.74 Å². The Morgan fingerprint density at radius 2 is 2.12 bits per heavy atom. The van der Waals surface area contributed by atoms with E-state index in [0.717, 1.165) is 25.3 Å². The van der Waals surface area contributed by atoms with Gasteiger partial charge in [-0.25, -0.2) is 4.98 Å². The molecule has 0 aliphatic heterocycles. The van der Waals surface area contributed by atoms with Gasteiger partial charge in [-0.2, -0.15) is 0 Å². The summed E-state index contributed by atoms with van der Waals surface area (Å²) in [6.45, 7) is 9.39. The van der Waals surface area contributed by atoms with Crippen molar-refractivity contribution in [2.45, 2.75) is 59.2 Å². The minimum absolute atomic E-state index is 0.237. The summed E-state index contributed by atoms with van der Waals surface area (Å²) in [7, 11) is 0. The lowest BCUT2D eigenvalue weighted by Crippen LogP contribution is -2.22. The van der Waals surface area contributed by atoms with E-state index in [0.29, 0.717) is 6.04 Å². The Morgan fingerprint density at radius 1 is 1.35 bits per heavy atom. The molecular weight excluding hydrogens is 212 g/mol. The maximum absolute atomic E-state index is 5.76. The van der Waals surface area contributed by atoms with E-state index < -0.39 is 0 Å². The van der Waals surface area contributed by atoms with Crippen LogP contribution in [0.5, 0.6) is 5.88 Å². The van der Waals surface area contributed by atoms with Crippen molar-refractivity contribution in [1.82, 2.24) is 10.3 Å². The summed E-state index contributed by atoms with van der Waals surface area (Å²) in [6.07, 6.45) is 4.25. The van der Waals surface area contributed by atoms with E-state index in [1.807, 2.05) is 18.3 Å². The molecular formula is C14H24N2O. The molecule has 0 amide bonds. The van der Waals surface area contributed by atoms with Crippen LogP contribution in [0.3, 0.4) is 0 Å². The summed E-state index contributed by atoms with van der Waals surface area (Å²) in [5.74, 6) is 0.731. The van der Waals surface area contributed by atoms with Gasteiger partial charge in [-0.15, -0.1) is 0 Å². The minimum atomic E-state index is 0.237. The number of pyridine rings is 1. The van der Waals surface area contributed by atoms with Gasteiger partial charge in [-0.1, -0.05) is 27.2 Å². The van der Waals surface area contributed by atoms with Crippen LogP contribution in [0.1, 0.15) is 46.1 Å². The predicted molar refractivity (Wildman–Crippen MR) is 71.2 cm³/mol. The fourth-order valence-corrected chi connectivity index (χ4v) is 1.62. The largest absolute Gasteiger partial charge is 0.475 e. The number of ether oxygens (including phenoxy) is 1. The van der Waals surface area contributed by atoms with Crippen molar-refractivity contribution in [1.29, 1.82) is 0 Å². The molecule has 0 saturated heterocycles. The lowest BCUT2D eigenvalue weighted by Gasteiger charge is -2.14. The first-order valence-corrected chi connectivity index (χ1v) is 6.46. The first-order chi connectivity index (χ1) is 8.11. The van der Waals surface area contributed by atoms with Gasteiger partial charge in [0.2, 0.25) is 5.88 Å². The highest BCUT2D eigenvalue weighted by atomic mass is 16.5. The number of nitrogens with zero attached hydrogens (tertiary/aromatic N) is 1. The Labute approximate surface area is 105 Å². The summed E-state index contributed by atoms with van der Waals surface area (Å²) in [6, 6.07) is 4.53. The summed E-state index contributed by atoms with van der Waals surface area (Å²) in [5, 5.41) is 3.38. The van der Waals surface area contributed by atoms with E-state index in [1.54, 1.807) is 0 Å². The monoisotopic (exact) mass is 236 g/mol. The van der Waals surface area contributed by atoms with Crippen molar-refractivity contribution in [2.24, 2.45) is 0 Å². The van der Waals surface area contributed by atoms with Crippen LogP contribution < -0.4 is 10.1 Å². The maximum atomic E-state index is 5.76. The van der Waals surface area contributed by atoms with Crippen LogP contribution in [0, 0.1) is 0 Å². The molecule has 0 aliphatic rings. The summed E-state index contributed by atoms with van der Waals surface area (Å²) in [4.78, 5) is 4.24. The second kappa shape index (κ2) is 7.28. The van der Waals surface area contributed by atoms with Crippen molar-refractivity contribution in [3.05, 3.63) is 23.9 Å². The van der Waals surface area contributed by atoms with Gasteiger partial charge in [-0.05, 0) is 25.0 Å². The smallest absolute Gasteiger partial charge is 0.213 e. The molecule has 1 rings (SSSR count). The molecule has 1 unspecified atom stereocenters. The second-order valence-electron chi connectivity index (χ2n) is 4.76. The molecule has 1 aromatic heterocycles. The molecule has 96 valence electrons. The Hall–Kier alpha value is -1.09. The average Bonchev–Trinajstić information content (AvgIpc) is 2.27. The third-order valence-electron chi connectivity index (χ3n) is 2.53. The van der Waals surface area contributed by atoms with Gasteiger partial charge in [0.25, 0.3) is 0 Å². The highest BCUT2D eigenvalue weighted by Gasteiger charge is 2.04. The van der Waals surface area contributed by atoms with Gasteiger partial charge >= 0.3 is 0 Å². The molecule has 1 aromatic rings. The number of aromatic nitrogens is 1. The zero-order valence-corrected chi connectivity index (χ0v) is 11.4. The molecule has 1 heterocycles. The number of hydrogen-bond acceptors (Lipinski definition) is 3. The third kappa shape index (κ3) is 5.68. The number of nitrogens with one attached hydrogen (secondary N) is 1. The molecule has 3 heteroatoms. The van der Waals surface area contributed by atoms with Gasteiger partial charge in [0.15, 0.2) is 0 Å². The van der Waals surface area contributed by atoms with Gasteiger partial charge in [0, 0.05) is 24.8 Å². The molecule has 1 N–H and O–H groups in total. The summed E-state index contributed by atoms with van der Waals surface area (Å²) in [5.41, 5.74) is 1.22. The lowest BCUT2D eigenvalue weighted by atomic mass is 10.2. The molecule has 1 atom stereocenters. The number of hydrogen-bond donors (Lipinski definition) is 1. The molecule has 0 fully saturated rings. The van der Waals surface area contributed by atoms with Crippen LogP contribution in [-0.2, 0) is 6.54 Å². The molecule has 3 nitrogen and oxygen atoms in total. The van der Waals surface area contributed by atoms with Crippen molar-refractivity contribution in [2.75, 3.05) is 0 Å². The number of rotatable bonds is 7. The Balaban J connectivity index is 2.53. The summed E-state index contributed by atoms with van der Waals surface area (Å²) < 4.78 is 5.76. The van der Waals surface area contributed by atoms with E-state index >= 15 is 0 Å². The van der Waals surface area contributed by atoms with Gasteiger partial charge in [0.05, 0.1) is 6.10 Å². The van der Waals surface area contributed by atoms with Crippen molar-refractivity contribution in [3.8, 4) is 5.88 Å². The van der Waals surface area contributed by atoms with E-state index in [2.05, 4.69) is 38.0 Å². The Kier molecular flexibility index (Phi) is 5.98. The molecule has 0 aromatic carbocycles. The average molecular weight is 236 g/mol. The zero-order chi connectivity index (χ0) is 12.7. The zero-order valence-electron chi connectivity index (χ0n) is 11.4. The second-order valence-corrected chi connectivity index (χ2v) is 4.76. The lowest BCUT2D eigenvalue weighted by molar-refractivity contribution is 0.201. The topological polar surface area (TPSA) is 34.1 Å². The van der Waals surface area contributed by atoms with Crippen molar-refractivity contribution >= 4 is 0 Å². The van der Waals surface area contributed by atoms with E-state index in [1.165, 1.54) is 5.56 Å². The first kappa shape index (κ1) is 14.0. The van der Waals surface area contributed by atoms with Gasteiger partial charge in [0.1, 0.15) is 0 Å². The molecule has 0 saturated carbocycles. The van der Waals surface area contributed by atoms with Crippen LogP contribution in [0.2, 0.25) is 0 Å². The third-order valence-corrected chi connectivity index (χ3v) is 2.53.